The number of hydrogen-bond acceptors (Lipinski definition) is 6. The van der Waals surface area contributed by atoms with Crippen LogP contribution in [0.25, 0.3) is 22.2 Å². The fourth-order valence-corrected chi connectivity index (χ4v) is 5.42. The highest BCUT2D eigenvalue weighted by Crippen LogP contribution is 2.31. The number of morpholine rings is 1. The zero-order valence-electron chi connectivity index (χ0n) is 21.4. The first-order chi connectivity index (χ1) is 17.4. The van der Waals surface area contributed by atoms with Crippen molar-refractivity contribution in [3.8, 4) is 16.9 Å². The third-order valence-corrected chi connectivity index (χ3v) is 7.41. The van der Waals surface area contributed by atoms with Crippen molar-refractivity contribution in [2.45, 2.75) is 46.2 Å². The average molecular weight is 509 g/mol. The smallest absolute Gasteiger partial charge is 0.141 e. The summed E-state index contributed by atoms with van der Waals surface area (Å²) in [4.78, 5) is 7.62. The summed E-state index contributed by atoms with van der Waals surface area (Å²) >= 11 is 6.38. The number of fused-ring (bicyclic) bond motifs is 1. The highest BCUT2D eigenvalue weighted by molar-refractivity contribution is 6.32. The minimum Gasteiger partial charge on any atom is -0.495 e. The Kier molecular flexibility index (Phi) is 7.32. The second-order valence-electron chi connectivity index (χ2n) is 9.51. The van der Waals surface area contributed by atoms with Crippen LogP contribution in [0, 0.1) is 13.8 Å². The number of halogens is 1. The fourth-order valence-electron chi connectivity index (χ4n) is 5.14. The average Bonchev–Trinajstić information content (AvgIpc) is 3.41. The third kappa shape index (κ3) is 5.01. The van der Waals surface area contributed by atoms with E-state index < -0.39 is 0 Å². The molecule has 0 spiro atoms. The minimum absolute atomic E-state index is 0.378. The van der Waals surface area contributed by atoms with Crippen LogP contribution in [0.3, 0.4) is 0 Å². The van der Waals surface area contributed by atoms with Crippen molar-refractivity contribution in [3.05, 3.63) is 64.3 Å². The van der Waals surface area contributed by atoms with Gasteiger partial charge in [-0.1, -0.05) is 28.9 Å². The van der Waals surface area contributed by atoms with Crippen LogP contribution in [-0.4, -0.2) is 59.1 Å². The maximum atomic E-state index is 6.38. The van der Waals surface area contributed by atoms with Gasteiger partial charge in [-0.2, -0.15) is 0 Å². The molecule has 190 valence electrons. The summed E-state index contributed by atoms with van der Waals surface area (Å²) in [6.07, 6.45) is 1.66. The molecule has 0 bridgehead atoms. The fraction of sp³-hybridized carbons (Fsp3) is 0.429. The molecule has 0 radical (unpaired) electrons. The molecule has 1 fully saturated rings. The number of ether oxygens (including phenoxy) is 2. The predicted molar refractivity (Wildman–Crippen MR) is 142 cm³/mol. The SMILES string of the molecule is COc1ccc(CCc2nc3cc(-c4c(C)noc4C)ccc3n2C[C@@H](C)N2CCOCC2)cc1Cl. The van der Waals surface area contributed by atoms with E-state index in [4.69, 9.17) is 30.6 Å². The third-order valence-electron chi connectivity index (χ3n) is 7.12. The van der Waals surface area contributed by atoms with Crippen molar-refractivity contribution >= 4 is 22.6 Å². The minimum atomic E-state index is 0.378. The molecule has 7 nitrogen and oxygen atoms in total. The lowest BCUT2D eigenvalue weighted by molar-refractivity contribution is 0.0170. The quantitative estimate of drug-likeness (QED) is 0.314. The molecule has 0 amide bonds. The predicted octanol–water partition coefficient (Wildman–Crippen LogP) is 5.48. The molecule has 3 heterocycles. The van der Waals surface area contributed by atoms with Crippen LogP contribution < -0.4 is 4.74 Å². The number of hydrogen-bond donors (Lipinski definition) is 0. The molecule has 4 aromatic rings. The highest BCUT2D eigenvalue weighted by atomic mass is 35.5. The molecule has 0 saturated carbocycles. The van der Waals surface area contributed by atoms with Crippen molar-refractivity contribution in [2.75, 3.05) is 33.4 Å². The normalized spacial score (nSPS) is 15.5. The van der Waals surface area contributed by atoms with Crippen molar-refractivity contribution in [1.29, 1.82) is 0 Å². The zero-order valence-corrected chi connectivity index (χ0v) is 22.1. The van der Waals surface area contributed by atoms with Crippen LogP contribution in [0.1, 0.15) is 29.8 Å². The van der Waals surface area contributed by atoms with Gasteiger partial charge in [-0.3, -0.25) is 4.90 Å². The Bertz CT molecular complexity index is 1340. The monoisotopic (exact) mass is 508 g/mol. The molecular weight excluding hydrogens is 476 g/mol. The van der Waals surface area contributed by atoms with E-state index in [0.717, 1.165) is 90.7 Å². The van der Waals surface area contributed by atoms with Crippen molar-refractivity contribution in [1.82, 2.24) is 19.6 Å². The molecule has 1 aliphatic heterocycles. The number of aromatic nitrogens is 3. The van der Waals surface area contributed by atoms with Crippen molar-refractivity contribution in [3.63, 3.8) is 0 Å². The van der Waals surface area contributed by atoms with Crippen LogP contribution in [0.4, 0.5) is 0 Å². The van der Waals surface area contributed by atoms with Gasteiger partial charge in [-0.15, -0.1) is 0 Å². The van der Waals surface area contributed by atoms with Crippen molar-refractivity contribution in [2.24, 2.45) is 0 Å². The number of rotatable bonds is 8. The maximum Gasteiger partial charge on any atom is 0.141 e. The van der Waals surface area contributed by atoms with E-state index in [-0.39, 0.29) is 0 Å². The summed E-state index contributed by atoms with van der Waals surface area (Å²) in [5.41, 5.74) is 6.32. The zero-order chi connectivity index (χ0) is 25.2. The van der Waals surface area contributed by atoms with Crippen LogP contribution in [0.2, 0.25) is 5.02 Å². The lowest BCUT2D eigenvalue weighted by Gasteiger charge is -2.32. The molecule has 0 unspecified atom stereocenters. The van der Waals surface area contributed by atoms with Gasteiger partial charge in [0, 0.05) is 37.7 Å². The van der Waals surface area contributed by atoms with Crippen LogP contribution in [-0.2, 0) is 24.1 Å². The molecule has 2 aromatic carbocycles. The lowest BCUT2D eigenvalue weighted by atomic mass is 10.0. The van der Waals surface area contributed by atoms with E-state index in [1.807, 2.05) is 26.0 Å². The van der Waals surface area contributed by atoms with Gasteiger partial charge in [0.2, 0.25) is 0 Å². The number of methoxy groups -OCH3 is 1. The summed E-state index contributed by atoms with van der Waals surface area (Å²) in [5, 5.41) is 4.77. The second kappa shape index (κ2) is 10.6. The van der Waals surface area contributed by atoms with Crippen LogP contribution in [0.5, 0.6) is 5.75 Å². The van der Waals surface area contributed by atoms with E-state index in [1.54, 1.807) is 7.11 Å². The Balaban J connectivity index is 1.48. The number of nitrogens with zero attached hydrogens (tertiary/aromatic N) is 4. The van der Waals surface area contributed by atoms with Crippen LogP contribution in [0.15, 0.2) is 40.9 Å². The first-order valence-corrected chi connectivity index (χ1v) is 12.9. The molecule has 5 rings (SSSR count). The highest BCUT2D eigenvalue weighted by Gasteiger charge is 2.21. The largest absolute Gasteiger partial charge is 0.495 e. The van der Waals surface area contributed by atoms with Gasteiger partial charge in [0.05, 0.1) is 42.1 Å². The van der Waals surface area contributed by atoms with E-state index in [0.29, 0.717) is 16.8 Å². The first-order valence-electron chi connectivity index (χ1n) is 12.5. The van der Waals surface area contributed by atoms with E-state index in [1.165, 1.54) is 0 Å². The van der Waals surface area contributed by atoms with Crippen LogP contribution >= 0.6 is 11.6 Å². The summed E-state index contributed by atoms with van der Waals surface area (Å²) in [7, 11) is 1.63. The van der Waals surface area contributed by atoms with Gasteiger partial charge in [-0.25, -0.2) is 4.98 Å². The Morgan fingerprint density at radius 1 is 1.08 bits per heavy atom. The van der Waals surface area contributed by atoms with Gasteiger partial charge < -0.3 is 18.6 Å². The van der Waals surface area contributed by atoms with E-state index in [2.05, 4.69) is 45.8 Å². The van der Waals surface area contributed by atoms with Gasteiger partial charge in [0.25, 0.3) is 0 Å². The second-order valence-corrected chi connectivity index (χ2v) is 9.91. The molecule has 8 heteroatoms. The Labute approximate surface area is 216 Å². The molecule has 2 aromatic heterocycles. The summed E-state index contributed by atoms with van der Waals surface area (Å²) < 4.78 is 18.7. The Morgan fingerprint density at radius 3 is 2.58 bits per heavy atom. The molecule has 0 N–H and O–H groups in total. The number of aryl methyl sites for hydroxylation is 4. The van der Waals surface area contributed by atoms with Gasteiger partial charge in [-0.05, 0) is 62.6 Å². The topological polar surface area (TPSA) is 65.6 Å². The Hall–Kier alpha value is -2.87. The van der Waals surface area contributed by atoms with Crippen molar-refractivity contribution < 1.29 is 14.0 Å². The van der Waals surface area contributed by atoms with E-state index >= 15 is 0 Å². The van der Waals surface area contributed by atoms with Gasteiger partial charge in [0.1, 0.15) is 17.3 Å². The summed E-state index contributed by atoms with van der Waals surface area (Å²) in [6, 6.07) is 12.9. The standard InChI is InChI=1S/C28H33ClN4O3/c1-18(32-11-13-35-14-12-32)17-33-25-8-7-22(28-19(2)31-36-20(28)3)16-24(25)30-27(33)10-6-21-5-9-26(34-4)23(29)15-21/h5,7-9,15-16,18H,6,10-14,17H2,1-4H3/t18-/m1/s1. The summed E-state index contributed by atoms with van der Waals surface area (Å²) in [6.45, 7) is 10.6. The molecule has 1 saturated heterocycles. The van der Waals surface area contributed by atoms with E-state index in [9.17, 15) is 0 Å². The Morgan fingerprint density at radius 2 is 1.89 bits per heavy atom. The number of imidazole rings is 1. The van der Waals surface area contributed by atoms with Gasteiger partial charge >= 0.3 is 0 Å². The molecule has 1 atom stereocenters. The molecular formula is C28H33ClN4O3. The molecule has 1 aliphatic rings. The molecule has 0 aliphatic carbocycles. The molecule has 36 heavy (non-hydrogen) atoms. The lowest BCUT2D eigenvalue weighted by Crippen LogP contribution is -2.44. The summed E-state index contributed by atoms with van der Waals surface area (Å²) in [5.74, 6) is 2.59. The first kappa shape index (κ1) is 24.8. The number of benzene rings is 2. The maximum absolute atomic E-state index is 6.38. The van der Waals surface area contributed by atoms with Gasteiger partial charge in [0.15, 0.2) is 0 Å².